The van der Waals surface area contributed by atoms with Crippen LogP contribution in [0.15, 0.2) is 60.7 Å². The highest BCUT2D eigenvalue weighted by molar-refractivity contribution is 5.98. The van der Waals surface area contributed by atoms with Gasteiger partial charge in [0.25, 0.3) is 5.91 Å². The first-order valence-corrected chi connectivity index (χ1v) is 9.89. The summed E-state index contributed by atoms with van der Waals surface area (Å²) >= 11 is 0. The van der Waals surface area contributed by atoms with Crippen molar-refractivity contribution in [3.05, 3.63) is 71.8 Å². The van der Waals surface area contributed by atoms with Crippen LogP contribution in [0.5, 0.6) is 11.5 Å². The van der Waals surface area contributed by atoms with Gasteiger partial charge in [-0.05, 0) is 41.1 Å². The molecule has 5 nitrogen and oxygen atoms in total. The fraction of sp³-hybridized carbons (Fsp3) is 0.292. The van der Waals surface area contributed by atoms with E-state index in [1.807, 2.05) is 59.5 Å². The predicted molar refractivity (Wildman–Crippen MR) is 115 cm³/mol. The van der Waals surface area contributed by atoms with Crippen LogP contribution in [0.2, 0.25) is 0 Å². The standard InChI is InChI=1S/C24H26N2O3/c1-28-22-9-10-23(29-2)21(16-22)17-25-11-13-26(14-12-25)24(27)20-8-7-18-5-3-4-6-19(18)15-20/h3-10,15-16H,11-14,17H2,1-2H3. The van der Waals surface area contributed by atoms with Gasteiger partial charge in [0.15, 0.2) is 0 Å². The van der Waals surface area contributed by atoms with Crippen LogP contribution in [-0.2, 0) is 6.54 Å². The van der Waals surface area contributed by atoms with Crippen molar-refractivity contribution in [3.8, 4) is 11.5 Å². The molecule has 1 aliphatic heterocycles. The Kier molecular flexibility index (Phi) is 5.67. The summed E-state index contributed by atoms with van der Waals surface area (Å²) in [5.74, 6) is 1.79. The van der Waals surface area contributed by atoms with Gasteiger partial charge in [-0.25, -0.2) is 0 Å². The molecule has 0 unspecified atom stereocenters. The predicted octanol–water partition coefficient (Wildman–Crippen LogP) is 3.82. The Hall–Kier alpha value is -3.05. The van der Waals surface area contributed by atoms with Crippen molar-refractivity contribution in [2.75, 3.05) is 40.4 Å². The molecule has 3 aromatic rings. The highest BCUT2D eigenvalue weighted by atomic mass is 16.5. The summed E-state index contributed by atoms with van der Waals surface area (Å²) in [4.78, 5) is 17.3. The number of hydrogen-bond acceptors (Lipinski definition) is 4. The highest BCUT2D eigenvalue weighted by Crippen LogP contribution is 2.26. The van der Waals surface area contributed by atoms with Gasteiger partial charge in [0.2, 0.25) is 0 Å². The molecule has 0 radical (unpaired) electrons. The van der Waals surface area contributed by atoms with Gasteiger partial charge in [0, 0.05) is 43.9 Å². The molecule has 1 saturated heterocycles. The number of rotatable bonds is 5. The number of carbonyl (C=O) groups is 1. The molecule has 3 aromatic carbocycles. The minimum absolute atomic E-state index is 0.106. The second kappa shape index (κ2) is 8.53. The highest BCUT2D eigenvalue weighted by Gasteiger charge is 2.23. The fourth-order valence-electron chi connectivity index (χ4n) is 3.86. The number of carbonyl (C=O) groups excluding carboxylic acids is 1. The molecule has 0 bridgehead atoms. The van der Waals surface area contributed by atoms with Crippen LogP contribution in [0.25, 0.3) is 10.8 Å². The van der Waals surface area contributed by atoms with Crippen molar-refractivity contribution in [1.82, 2.24) is 9.80 Å². The van der Waals surface area contributed by atoms with Crippen molar-refractivity contribution >= 4 is 16.7 Å². The zero-order valence-electron chi connectivity index (χ0n) is 16.9. The minimum Gasteiger partial charge on any atom is -0.497 e. The van der Waals surface area contributed by atoms with E-state index < -0.39 is 0 Å². The van der Waals surface area contributed by atoms with Crippen LogP contribution in [0.4, 0.5) is 0 Å². The van der Waals surface area contributed by atoms with E-state index in [1.54, 1.807) is 14.2 Å². The first-order valence-electron chi connectivity index (χ1n) is 9.89. The number of methoxy groups -OCH3 is 2. The zero-order chi connectivity index (χ0) is 20.2. The molecule has 5 heteroatoms. The Morgan fingerprint density at radius 3 is 2.34 bits per heavy atom. The van der Waals surface area contributed by atoms with Gasteiger partial charge < -0.3 is 14.4 Å². The molecule has 0 aliphatic carbocycles. The molecule has 29 heavy (non-hydrogen) atoms. The summed E-state index contributed by atoms with van der Waals surface area (Å²) in [6, 6.07) is 19.9. The van der Waals surface area contributed by atoms with E-state index in [9.17, 15) is 4.79 Å². The number of amides is 1. The monoisotopic (exact) mass is 390 g/mol. The van der Waals surface area contributed by atoms with Crippen molar-refractivity contribution in [3.63, 3.8) is 0 Å². The average Bonchev–Trinajstić information content (AvgIpc) is 2.78. The van der Waals surface area contributed by atoms with E-state index in [-0.39, 0.29) is 5.91 Å². The number of nitrogens with zero attached hydrogens (tertiary/aromatic N) is 2. The summed E-state index contributed by atoms with van der Waals surface area (Å²) in [7, 11) is 3.36. The first kappa shape index (κ1) is 19.3. The molecule has 4 rings (SSSR count). The molecule has 1 heterocycles. The quantitative estimate of drug-likeness (QED) is 0.664. The van der Waals surface area contributed by atoms with Crippen LogP contribution in [0.3, 0.4) is 0 Å². The zero-order valence-corrected chi connectivity index (χ0v) is 16.9. The summed E-state index contributed by atoms with van der Waals surface area (Å²) in [5, 5.41) is 2.25. The van der Waals surface area contributed by atoms with Crippen LogP contribution >= 0.6 is 0 Å². The summed E-state index contributed by atoms with van der Waals surface area (Å²) in [5.41, 5.74) is 1.85. The SMILES string of the molecule is COc1ccc(OC)c(CN2CCN(C(=O)c3ccc4ccccc4c3)CC2)c1. The lowest BCUT2D eigenvalue weighted by Gasteiger charge is -2.35. The Morgan fingerprint density at radius 1 is 0.862 bits per heavy atom. The second-order valence-electron chi connectivity index (χ2n) is 7.31. The Morgan fingerprint density at radius 2 is 1.62 bits per heavy atom. The van der Waals surface area contributed by atoms with Gasteiger partial charge in [-0.15, -0.1) is 0 Å². The maximum absolute atomic E-state index is 13.0. The first-order chi connectivity index (χ1) is 14.2. The van der Waals surface area contributed by atoms with Crippen LogP contribution < -0.4 is 9.47 Å². The maximum Gasteiger partial charge on any atom is 0.253 e. The van der Waals surface area contributed by atoms with Crippen molar-refractivity contribution < 1.29 is 14.3 Å². The molecular weight excluding hydrogens is 364 g/mol. The third-order valence-electron chi connectivity index (χ3n) is 5.54. The maximum atomic E-state index is 13.0. The van der Waals surface area contributed by atoms with E-state index in [0.717, 1.165) is 66.1 Å². The van der Waals surface area contributed by atoms with Crippen LogP contribution in [0, 0.1) is 0 Å². The van der Waals surface area contributed by atoms with E-state index in [4.69, 9.17) is 9.47 Å². The Labute approximate surface area is 171 Å². The number of piperazine rings is 1. The van der Waals surface area contributed by atoms with Gasteiger partial charge >= 0.3 is 0 Å². The Bertz CT molecular complexity index is 1010. The molecule has 150 valence electrons. The smallest absolute Gasteiger partial charge is 0.253 e. The molecule has 0 aromatic heterocycles. The van der Waals surface area contributed by atoms with E-state index in [2.05, 4.69) is 11.0 Å². The van der Waals surface area contributed by atoms with E-state index in [1.165, 1.54) is 0 Å². The molecule has 1 fully saturated rings. The van der Waals surface area contributed by atoms with Gasteiger partial charge in [-0.2, -0.15) is 0 Å². The minimum atomic E-state index is 0.106. The summed E-state index contributed by atoms with van der Waals surface area (Å²) in [6.07, 6.45) is 0. The van der Waals surface area contributed by atoms with Crippen molar-refractivity contribution in [2.24, 2.45) is 0 Å². The van der Waals surface area contributed by atoms with Gasteiger partial charge in [-0.3, -0.25) is 9.69 Å². The summed E-state index contributed by atoms with van der Waals surface area (Å²) < 4.78 is 10.8. The third kappa shape index (κ3) is 4.20. The molecular formula is C24H26N2O3. The van der Waals surface area contributed by atoms with E-state index >= 15 is 0 Å². The number of benzene rings is 3. The van der Waals surface area contributed by atoms with Crippen LogP contribution in [0.1, 0.15) is 15.9 Å². The number of ether oxygens (including phenoxy) is 2. The second-order valence-corrected chi connectivity index (χ2v) is 7.31. The molecule has 0 spiro atoms. The lowest BCUT2D eigenvalue weighted by atomic mass is 10.1. The van der Waals surface area contributed by atoms with Crippen molar-refractivity contribution in [1.29, 1.82) is 0 Å². The largest absolute Gasteiger partial charge is 0.497 e. The molecule has 1 aliphatic rings. The van der Waals surface area contributed by atoms with Gasteiger partial charge in [0.05, 0.1) is 14.2 Å². The fourth-order valence-corrected chi connectivity index (χ4v) is 3.86. The van der Waals surface area contributed by atoms with Gasteiger partial charge in [-0.1, -0.05) is 30.3 Å². The third-order valence-corrected chi connectivity index (χ3v) is 5.54. The number of hydrogen-bond donors (Lipinski definition) is 0. The number of fused-ring (bicyclic) bond motifs is 1. The normalized spacial score (nSPS) is 14.8. The molecule has 0 saturated carbocycles. The topological polar surface area (TPSA) is 42.0 Å². The Balaban J connectivity index is 1.40. The van der Waals surface area contributed by atoms with E-state index in [0.29, 0.717) is 0 Å². The summed E-state index contributed by atoms with van der Waals surface area (Å²) in [6.45, 7) is 3.88. The lowest BCUT2D eigenvalue weighted by Crippen LogP contribution is -2.48. The van der Waals surface area contributed by atoms with Crippen molar-refractivity contribution in [2.45, 2.75) is 6.54 Å². The average molecular weight is 390 g/mol. The molecule has 0 N–H and O–H groups in total. The van der Waals surface area contributed by atoms with Crippen LogP contribution in [-0.4, -0.2) is 56.1 Å². The molecule has 0 atom stereocenters. The lowest BCUT2D eigenvalue weighted by molar-refractivity contribution is 0.0627. The van der Waals surface area contributed by atoms with Gasteiger partial charge in [0.1, 0.15) is 11.5 Å². The molecule has 1 amide bonds.